The van der Waals surface area contributed by atoms with Gasteiger partial charge < -0.3 is 10.1 Å². The summed E-state index contributed by atoms with van der Waals surface area (Å²) >= 11 is 0. The third-order valence-electron chi connectivity index (χ3n) is 2.58. The van der Waals surface area contributed by atoms with Crippen molar-refractivity contribution in [2.75, 3.05) is 6.61 Å². The average molecular weight is 267 g/mol. The van der Waals surface area contributed by atoms with Gasteiger partial charge in [0, 0.05) is 12.2 Å². The third-order valence-corrected chi connectivity index (χ3v) is 2.58. The smallest absolute Gasteiger partial charge is 0.341 e. The summed E-state index contributed by atoms with van der Waals surface area (Å²) in [5.74, 6) is -0.534. The summed E-state index contributed by atoms with van der Waals surface area (Å²) in [7, 11) is 0. The first kappa shape index (κ1) is 15.2. The Bertz CT molecular complexity index is 429. The fourth-order valence-corrected chi connectivity index (χ4v) is 1.74. The summed E-state index contributed by atoms with van der Waals surface area (Å²) in [6.07, 6.45) is 4.89. The molecule has 19 heavy (non-hydrogen) atoms. The fraction of sp³-hybridized carbons (Fsp3) is 0.615. The van der Waals surface area contributed by atoms with Crippen molar-refractivity contribution in [2.45, 2.75) is 46.2 Å². The van der Waals surface area contributed by atoms with E-state index in [0.29, 0.717) is 12.2 Å². The van der Waals surface area contributed by atoms with Crippen molar-refractivity contribution in [3.05, 3.63) is 18.0 Å². The lowest BCUT2D eigenvalue weighted by Gasteiger charge is -2.12. The number of rotatable bonds is 7. The highest BCUT2D eigenvalue weighted by atomic mass is 16.5. The molecule has 1 heterocycles. The van der Waals surface area contributed by atoms with E-state index in [0.717, 1.165) is 12.8 Å². The molecular formula is C13H21N3O3. The number of carbonyl (C=O) groups is 2. The van der Waals surface area contributed by atoms with Crippen molar-refractivity contribution in [1.29, 1.82) is 0 Å². The molecule has 0 radical (unpaired) electrons. The quantitative estimate of drug-likeness (QED) is 0.757. The largest absolute Gasteiger partial charge is 0.462 e. The van der Waals surface area contributed by atoms with E-state index in [1.165, 1.54) is 17.1 Å². The maximum absolute atomic E-state index is 11.7. The number of aromatic nitrogens is 2. The van der Waals surface area contributed by atoms with Gasteiger partial charge in [-0.05, 0) is 20.3 Å². The maximum atomic E-state index is 11.7. The molecule has 0 bridgehead atoms. The molecule has 1 aromatic rings. The van der Waals surface area contributed by atoms with Crippen LogP contribution in [0.25, 0.3) is 0 Å². The molecule has 1 rings (SSSR count). The van der Waals surface area contributed by atoms with Crippen LogP contribution in [-0.2, 0) is 16.1 Å². The third kappa shape index (κ3) is 5.11. The molecule has 6 heteroatoms. The number of hydrogen-bond acceptors (Lipinski definition) is 4. The molecule has 0 aromatic carbocycles. The van der Waals surface area contributed by atoms with Crippen LogP contribution in [0.2, 0.25) is 0 Å². The van der Waals surface area contributed by atoms with Crippen LogP contribution in [-0.4, -0.2) is 34.3 Å². The number of esters is 1. The van der Waals surface area contributed by atoms with E-state index in [9.17, 15) is 9.59 Å². The Hall–Kier alpha value is -1.85. The van der Waals surface area contributed by atoms with Crippen molar-refractivity contribution < 1.29 is 14.3 Å². The molecule has 1 amide bonds. The van der Waals surface area contributed by atoms with Gasteiger partial charge >= 0.3 is 5.97 Å². The number of amides is 1. The molecule has 0 saturated heterocycles. The second kappa shape index (κ2) is 7.56. The standard InChI is InChI=1S/C13H21N3O3/c1-4-6-10(3)15-12(17)9-16-8-11(7-14-16)13(18)19-5-2/h7-8,10H,4-6,9H2,1-3H3,(H,15,17). The fourth-order valence-electron chi connectivity index (χ4n) is 1.74. The minimum absolute atomic E-state index is 0.105. The molecule has 1 unspecified atom stereocenters. The van der Waals surface area contributed by atoms with Crippen LogP contribution in [0, 0.1) is 0 Å². The number of ether oxygens (including phenoxy) is 1. The predicted molar refractivity (Wildman–Crippen MR) is 70.7 cm³/mol. The second-order valence-corrected chi connectivity index (χ2v) is 4.40. The highest BCUT2D eigenvalue weighted by molar-refractivity contribution is 5.88. The Morgan fingerprint density at radius 1 is 1.47 bits per heavy atom. The van der Waals surface area contributed by atoms with Gasteiger partial charge in [-0.1, -0.05) is 13.3 Å². The zero-order valence-corrected chi connectivity index (χ0v) is 11.7. The van der Waals surface area contributed by atoms with Crippen LogP contribution in [0.4, 0.5) is 0 Å². The summed E-state index contributed by atoms with van der Waals surface area (Å²) in [6.45, 7) is 6.20. The molecule has 0 saturated carbocycles. The summed E-state index contributed by atoms with van der Waals surface area (Å²) in [4.78, 5) is 23.1. The van der Waals surface area contributed by atoms with Gasteiger partial charge in [-0.3, -0.25) is 9.48 Å². The van der Waals surface area contributed by atoms with E-state index in [1.54, 1.807) is 6.92 Å². The zero-order chi connectivity index (χ0) is 14.3. The molecular weight excluding hydrogens is 246 g/mol. The van der Waals surface area contributed by atoms with Crippen molar-refractivity contribution in [3.63, 3.8) is 0 Å². The highest BCUT2D eigenvalue weighted by Gasteiger charge is 2.12. The number of nitrogens with zero attached hydrogens (tertiary/aromatic N) is 2. The molecule has 0 aliphatic carbocycles. The molecule has 6 nitrogen and oxygen atoms in total. The van der Waals surface area contributed by atoms with Crippen LogP contribution < -0.4 is 5.32 Å². The molecule has 1 N–H and O–H groups in total. The Balaban J connectivity index is 2.49. The monoisotopic (exact) mass is 267 g/mol. The van der Waals surface area contributed by atoms with Crippen molar-refractivity contribution >= 4 is 11.9 Å². The van der Waals surface area contributed by atoms with Crippen LogP contribution in [0.1, 0.15) is 44.0 Å². The Kier molecular flexibility index (Phi) is 6.05. The summed E-state index contributed by atoms with van der Waals surface area (Å²) in [5, 5.41) is 6.84. The Morgan fingerprint density at radius 3 is 2.84 bits per heavy atom. The molecule has 1 atom stereocenters. The van der Waals surface area contributed by atoms with Gasteiger partial charge in [0.25, 0.3) is 0 Å². The van der Waals surface area contributed by atoms with E-state index in [1.807, 2.05) is 6.92 Å². The Morgan fingerprint density at radius 2 is 2.21 bits per heavy atom. The van der Waals surface area contributed by atoms with E-state index >= 15 is 0 Å². The van der Waals surface area contributed by atoms with Crippen molar-refractivity contribution in [1.82, 2.24) is 15.1 Å². The lowest BCUT2D eigenvalue weighted by Crippen LogP contribution is -2.35. The molecule has 106 valence electrons. The number of nitrogens with one attached hydrogen (secondary N) is 1. The van der Waals surface area contributed by atoms with Crippen molar-refractivity contribution in [2.24, 2.45) is 0 Å². The van der Waals surface area contributed by atoms with E-state index < -0.39 is 5.97 Å². The normalized spacial score (nSPS) is 11.9. The zero-order valence-electron chi connectivity index (χ0n) is 11.7. The van der Waals surface area contributed by atoms with Crippen LogP contribution in [0.3, 0.4) is 0 Å². The average Bonchev–Trinajstić information content (AvgIpc) is 2.77. The number of hydrogen-bond donors (Lipinski definition) is 1. The van der Waals surface area contributed by atoms with Crippen LogP contribution in [0.15, 0.2) is 12.4 Å². The van der Waals surface area contributed by atoms with Gasteiger partial charge in [-0.25, -0.2) is 4.79 Å². The molecule has 0 aliphatic rings. The van der Waals surface area contributed by atoms with Gasteiger partial charge in [-0.2, -0.15) is 5.10 Å². The minimum Gasteiger partial charge on any atom is -0.462 e. The number of carbonyl (C=O) groups excluding carboxylic acids is 2. The predicted octanol–water partition coefficient (Wildman–Crippen LogP) is 1.36. The lowest BCUT2D eigenvalue weighted by atomic mass is 10.2. The first-order valence-corrected chi connectivity index (χ1v) is 6.55. The molecule has 0 aliphatic heterocycles. The van der Waals surface area contributed by atoms with Gasteiger partial charge in [0.05, 0.1) is 18.4 Å². The molecule has 1 aromatic heterocycles. The van der Waals surface area contributed by atoms with E-state index in [-0.39, 0.29) is 18.5 Å². The minimum atomic E-state index is -0.423. The second-order valence-electron chi connectivity index (χ2n) is 4.40. The van der Waals surface area contributed by atoms with Gasteiger partial charge in [0.2, 0.25) is 5.91 Å². The summed E-state index contributed by atoms with van der Waals surface area (Å²) < 4.78 is 6.28. The van der Waals surface area contributed by atoms with Gasteiger partial charge in [0.1, 0.15) is 6.54 Å². The lowest BCUT2D eigenvalue weighted by molar-refractivity contribution is -0.122. The van der Waals surface area contributed by atoms with Crippen LogP contribution in [0.5, 0.6) is 0 Å². The SMILES string of the molecule is CCCC(C)NC(=O)Cn1cc(C(=O)OCC)cn1. The summed E-state index contributed by atoms with van der Waals surface area (Å²) in [6, 6.07) is 0.151. The van der Waals surface area contributed by atoms with E-state index in [4.69, 9.17) is 4.74 Å². The topological polar surface area (TPSA) is 73.2 Å². The molecule has 0 fully saturated rings. The first-order valence-electron chi connectivity index (χ1n) is 6.55. The Labute approximate surface area is 113 Å². The maximum Gasteiger partial charge on any atom is 0.341 e. The van der Waals surface area contributed by atoms with Crippen LogP contribution >= 0.6 is 0 Å². The van der Waals surface area contributed by atoms with Crippen molar-refractivity contribution in [3.8, 4) is 0 Å². The van der Waals surface area contributed by atoms with E-state index in [2.05, 4.69) is 17.3 Å². The first-order chi connectivity index (χ1) is 9.06. The van der Waals surface area contributed by atoms with Gasteiger partial charge in [0.15, 0.2) is 0 Å². The van der Waals surface area contributed by atoms with Gasteiger partial charge in [-0.15, -0.1) is 0 Å². The summed E-state index contributed by atoms with van der Waals surface area (Å²) in [5.41, 5.74) is 0.358. The highest BCUT2D eigenvalue weighted by Crippen LogP contribution is 2.01. The molecule has 0 spiro atoms.